The van der Waals surface area contributed by atoms with Gasteiger partial charge < -0.3 is 19.1 Å². The first-order valence-electron chi connectivity index (χ1n) is 21.1. The van der Waals surface area contributed by atoms with Crippen molar-refractivity contribution in [2.24, 2.45) is 0 Å². The van der Waals surface area contributed by atoms with Crippen molar-refractivity contribution >= 4 is 6.16 Å². The third-order valence-corrected chi connectivity index (χ3v) is 10.1. The van der Waals surface area contributed by atoms with Gasteiger partial charge in [0.2, 0.25) is 0 Å². The van der Waals surface area contributed by atoms with Crippen LogP contribution in [0.3, 0.4) is 0 Å². The summed E-state index contributed by atoms with van der Waals surface area (Å²) in [5.74, 6) is 0. The molecule has 0 bridgehead atoms. The second-order valence-corrected chi connectivity index (χ2v) is 14.6. The monoisotopic (exact) mass is 654 g/mol. The van der Waals surface area contributed by atoms with E-state index in [2.05, 4.69) is 32.4 Å². The molecule has 0 amide bonds. The Morgan fingerprint density at radius 1 is 0.370 bits per heavy atom. The van der Waals surface area contributed by atoms with E-state index < -0.39 is 6.16 Å². The number of rotatable bonds is 36. The maximum absolute atomic E-state index is 9.03. The van der Waals surface area contributed by atoms with E-state index in [1.54, 1.807) is 0 Å². The Bertz CT molecular complexity index is 482. The molecular weight excluding hydrogens is 566 g/mol. The minimum atomic E-state index is -1.50. The molecule has 278 valence electrons. The van der Waals surface area contributed by atoms with Crippen molar-refractivity contribution in [1.82, 2.24) is 0 Å². The molecule has 0 aromatic heterocycles. The topological polar surface area (TPSA) is 49.4 Å². The van der Waals surface area contributed by atoms with E-state index in [0.717, 1.165) is 7.11 Å². The number of carbonyl (C=O) groups is 1. The molecule has 0 aromatic carbocycles. The predicted molar refractivity (Wildman–Crippen MR) is 203 cm³/mol. The van der Waals surface area contributed by atoms with Gasteiger partial charge in [-0.3, -0.25) is 0 Å². The van der Waals surface area contributed by atoms with Gasteiger partial charge in [-0.25, -0.2) is 0 Å². The zero-order chi connectivity index (χ0) is 34.2. The Morgan fingerprint density at radius 2 is 0.522 bits per heavy atom. The van der Waals surface area contributed by atoms with Gasteiger partial charge in [0.15, 0.2) is 0 Å². The second kappa shape index (κ2) is 40.4. The van der Waals surface area contributed by atoms with Crippen LogP contribution < -0.4 is 5.11 Å². The Morgan fingerprint density at radius 3 is 0.674 bits per heavy atom. The highest BCUT2D eigenvalue weighted by molar-refractivity contribution is 5.53. The zero-order valence-corrected chi connectivity index (χ0v) is 32.6. The van der Waals surface area contributed by atoms with Gasteiger partial charge in [-0.2, -0.15) is 0 Å². The van der Waals surface area contributed by atoms with Crippen LogP contribution in [0.5, 0.6) is 0 Å². The summed E-state index contributed by atoms with van der Waals surface area (Å²) in [4.78, 5) is 9.03. The second-order valence-electron chi connectivity index (χ2n) is 14.6. The van der Waals surface area contributed by atoms with Crippen LogP contribution in [-0.4, -0.2) is 43.9 Å². The van der Waals surface area contributed by atoms with E-state index >= 15 is 0 Å². The lowest BCUT2D eigenvalue weighted by atomic mass is 10.0. The number of quaternary nitrogens is 1. The minimum absolute atomic E-state index is 1.04. The van der Waals surface area contributed by atoms with Crippen LogP contribution in [-0.2, 0) is 4.74 Å². The maximum atomic E-state index is 9.03. The third kappa shape index (κ3) is 37.7. The molecule has 0 saturated heterocycles. The molecule has 46 heavy (non-hydrogen) atoms. The van der Waals surface area contributed by atoms with Crippen LogP contribution in [0, 0.1) is 0 Å². The van der Waals surface area contributed by atoms with Crippen LogP contribution in [0.1, 0.15) is 233 Å². The molecule has 0 aliphatic carbocycles. The highest BCUT2D eigenvalue weighted by Gasteiger charge is 2.25. The number of carbonyl (C=O) groups excluding carboxylic acids is 1. The van der Waals surface area contributed by atoms with Crippen LogP contribution in [0.15, 0.2) is 0 Å². The van der Waals surface area contributed by atoms with Crippen LogP contribution in [0.25, 0.3) is 0 Å². The molecule has 4 heteroatoms. The van der Waals surface area contributed by atoms with E-state index in [1.807, 2.05) is 0 Å². The number of hydrogen-bond acceptors (Lipinski definition) is 3. The maximum Gasteiger partial charge on any atom is 0.251 e. The van der Waals surface area contributed by atoms with Gasteiger partial charge in [0, 0.05) is 7.11 Å². The molecule has 0 rings (SSSR count). The van der Waals surface area contributed by atoms with Crippen molar-refractivity contribution in [1.29, 1.82) is 0 Å². The first kappa shape index (κ1) is 47.3. The van der Waals surface area contributed by atoms with E-state index in [4.69, 9.17) is 9.90 Å². The summed E-state index contributed by atoms with van der Waals surface area (Å²) in [6, 6.07) is 0. The van der Waals surface area contributed by atoms with Gasteiger partial charge in [-0.15, -0.1) is 0 Å². The zero-order valence-electron chi connectivity index (χ0n) is 32.6. The Balaban J connectivity index is 0. The van der Waals surface area contributed by atoms with Gasteiger partial charge in [-0.05, 0) is 51.4 Å². The summed E-state index contributed by atoms with van der Waals surface area (Å²) in [5.41, 5.74) is 0. The predicted octanol–water partition coefficient (Wildman–Crippen LogP) is 13.3. The molecule has 0 spiro atoms. The molecule has 0 unspecified atom stereocenters. The highest BCUT2D eigenvalue weighted by atomic mass is 16.6. The van der Waals surface area contributed by atoms with Gasteiger partial charge in [0.25, 0.3) is 6.16 Å². The normalized spacial score (nSPS) is 11.4. The fourth-order valence-corrected chi connectivity index (χ4v) is 7.00. The van der Waals surface area contributed by atoms with Crippen molar-refractivity contribution in [2.75, 3.05) is 33.3 Å². The summed E-state index contributed by atoms with van der Waals surface area (Å²) in [7, 11) is 1.04. The van der Waals surface area contributed by atoms with Crippen molar-refractivity contribution < 1.29 is 19.1 Å². The van der Waals surface area contributed by atoms with E-state index in [-0.39, 0.29) is 0 Å². The molecular formula is C42H87NO3. The Hall–Kier alpha value is -0.770. The van der Waals surface area contributed by atoms with Gasteiger partial charge in [0.05, 0.1) is 26.2 Å². The largest absolute Gasteiger partial charge is 0.553 e. The Labute approximate surface area is 291 Å². The average Bonchev–Trinajstić information content (AvgIpc) is 3.06. The molecule has 4 nitrogen and oxygen atoms in total. The lowest BCUT2D eigenvalue weighted by Crippen LogP contribution is -2.50. The van der Waals surface area contributed by atoms with Crippen molar-refractivity contribution in [2.45, 2.75) is 233 Å². The van der Waals surface area contributed by atoms with Gasteiger partial charge in [-0.1, -0.05) is 182 Å². The van der Waals surface area contributed by atoms with Crippen molar-refractivity contribution in [3.63, 3.8) is 0 Å². The van der Waals surface area contributed by atoms with E-state index in [0.29, 0.717) is 0 Å². The van der Waals surface area contributed by atoms with E-state index in [9.17, 15) is 0 Å². The fourth-order valence-electron chi connectivity index (χ4n) is 7.00. The lowest BCUT2D eigenvalue weighted by Gasteiger charge is -2.40. The van der Waals surface area contributed by atoms with Crippen LogP contribution in [0.2, 0.25) is 0 Å². The first-order valence-corrected chi connectivity index (χ1v) is 21.1. The number of hydrogen-bond donors (Lipinski definition) is 0. The van der Waals surface area contributed by atoms with Gasteiger partial charge >= 0.3 is 0 Å². The summed E-state index contributed by atoms with van der Waals surface area (Å²) in [5, 5.41) is 9.03. The molecule has 0 aliphatic heterocycles. The summed E-state index contributed by atoms with van der Waals surface area (Å²) >= 11 is 0. The lowest BCUT2D eigenvalue weighted by molar-refractivity contribution is -0.929. The number of unbranched alkanes of at least 4 members (excludes halogenated alkanes) is 28. The summed E-state index contributed by atoms with van der Waals surface area (Å²) in [6.45, 7) is 15.3. The van der Waals surface area contributed by atoms with Crippen LogP contribution in [0.4, 0.5) is 4.79 Å². The van der Waals surface area contributed by atoms with Crippen molar-refractivity contribution in [3.8, 4) is 0 Å². The first-order chi connectivity index (χ1) is 22.5. The number of nitrogens with zero attached hydrogens (tertiary/aromatic N) is 1. The molecule has 0 fully saturated rings. The van der Waals surface area contributed by atoms with E-state index in [1.165, 1.54) is 236 Å². The molecule has 0 saturated carbocycles. The number of ether oxygens (including phenoxy) is 1. The fraction of sp³-hybridized carbons (Fsp3) is 0.976. The third-order valence-electron chi connectivity index (χ3n) is 10.1. The average molecular weight is 654 g/mol. The van der Waals surface area contributed by atoms with Gasteiger partial charge in [0.1, 0.15) is 0 Å². The molecule has 0 radical (unpaired) electrons. The standard InChI is InChI=1S/C40H84N.C2H4O3/c1-5-9-13-17-21-25-29-33-37-41(38-34-30-26-22-18-14-10-6-2,39-35-31-27-23-19-15-11-7-3)40-36-32-28-24-20-16-12-8-4;1-5-2(3)4/h5-40H2,1-4H3;1H3,(H,3,4)/q+1;/p-1. The Kier molecular flexibility index (Phi) is 41.6. The summed E-state index contributed by atoms with van der Waals surface area (Å²) in [6.07, 6.45) is 45.2. The van der Waals surface area contributed by atoms with Crippen molar-refractivity contribution in [3.05, 3.63) is 0 Å². The summed E-state index contributed by atoms with van der Waals surface area (Å²) < 4.78 is 5.04. The molecule has 0 aliphatic rings. The quantitative estimate of drug-likeness (QED) is 0.0384. The highest BCUT2D eigenvalue weighted by Crippen LogP contribution is 2.21. The smallest absolute Gasteiger partial charge is 0.251 e. The molecule has 0 aromatic rings. The molecule has 0 heterocycles. The molecule has 0 atom stereocenters. The molecule has 0 N–H and O–H groups in total. The van der Waals surface area contributed by atoms with Crippen LogP contribution >= 0.6 is 0 Å². The SMILES string of the molecule is CCCCCCCCCC[N+](CCCCCCCCCC)(CCCCCCCCCC)CCCCCCCCCC.COC(=O)[O-]. The number of methoxy groups -OCH3 is 1. The minimum Gasteiger partial charge on any atom is -0.553 e. The number of carboxylic acid groups (broad SMARTS) is 1.